The van der Waals surface area contributed by atoms with Crippen molar-refractivity contribution < 1.29 is 14.2 Å². The summed E-state index contributed by atoms with van der Waals surface area (Å²) in [5, 5.41) is -2.54. The molecule has 4 unspecified atom stereocenters. The number of para-hydroxylation sites is 1. The smallest absolute Gasteiger partial charge is 0.239 e. The van der Waals surface area contributed by atoms with Crippen LogP contribution in [0.1, 0.15) is 36.1 Å². The number of benzene rings is 5. The summed E-state index contributed by atoms with van der Waals surface area (Å²) in [7, 11) is -3.67. The van der Waals surface area contributed by atoms with E-state index < -0.39 is 29.3 Å². The zero-order valence-electron chi connectivity index (χ0n) is 25.8. The second-order valence-corrected chi connectivity index (χ2v) is 16.6. The highest BCUT2D eigenvalue weighted by molar-refractivity contribution is 7.69. The molecule has 2 fully saturated rings. The molecule has 2 bridgehead atoms. The molecule has 5 aromatic rings. The minimum Gasteiger partial charge on any atom is -0.321 e. The fourth-order valence-electron chi connectivity index (χ4n) is 9.23. The fourth-order valence-corrected chi connectivity index (χ4v) is 15.0. The number of carbonyl (C=O) groups is 2. The van der Waals surface area contributed by atoms with Crippen molar-refractivity contribution in [1.82, 2.24) is 0 Å². The summed E-state index contributed by atoms with van der Waals surface area (Å²) < 4.78 is 17.2. The van der Waals surface area contributed by atoms with Crippen molar-refractivity contribution in [3.8, 4) is 0 Å². The zero-order valence-corrected chi connectivity index (χ0v) is 26.7. The molecule has 0 aliphatic carbocycles. The largest absolute Gasteiger partial charge is 0.321 e. The Morgan fingerprint density at radius 2 is 0.848 bits per heavy atom. The standard InChI is InChI=1S/C41H34NO3P/c1-28(2)46(45)40(31-22-12-5-13-23-31)34(29-18-8-3-9-19-29)35(30-20-10-4-11-21-30)41(46,32-24-14-6-15-25-32)37-36(40)38(43)42(39(37)44)33-26-16-7-17-27-33/h3-28,36-37H,1-2H3/t36?,37?,40-,41?,46?/m0/s1. The Bertz CT molecular complexity index is 1920. The number of nitrogens with zero attached hydrogens (tertiary/aromatic N) is 1. The van der Waals surface area contributed by atoms with Crippen molar-refractivity contribution in [3.05, 3.63) is 174 Å². The summed E-state index contributed by atoms with van der Waals surface area (Å²) in [5.74, 6) is -2.33. The molecule has 0 N–H and O–H groups in total. The predicted molar refractivity (Wildman–Crippen MR) is 185 cm³/mol. The van der Waals surface area contributed by atoms with Gasteiger partial charge in [0.05, 0.1) is 27.8 Å². The van der Waals surface area contributed by atoms with Gasteiger partial charge in [-0.2, -0.15) is 0 Å². The summed E-state index contributed by atoms with van der Waals surface area (Å²) in [6.07, 6.45) is 0. The quantitative estimate of drug-likeness (QED) is 0.141. The molecule has 4 nitrogen and oxygen atoms in total. The van der Waals surface area contributed by atoms with E-state index in [1.807, 2.05) is 141 Å². The highest BCUT2D eigenvalue weighted by Crippen LogP contribution is 2.97. The van der Waals surface area contributed by atoms with Crippen LogP contribution >= 0.6 is 7.14 Å². The molecule has 0 spiro atoms. The molecule has 0 aromatic heterocycles. The van der Waals surface area contributed by atoms with Crippen molar-refractivity contribution in [1.29, 1.82) is 0 Å². The third-order valence-electron chi connectivity index (χ3n) is 10.6. The van der Waals surface area contributed by atoms with Crippen LogP contribution < -0.4 is 4.90 Å². The van der Waals surface area contributed by atoms with Gasteiger partial charge in [0.25, 0.3) is 0 Å². The number of allylic oxidation sites excluding steroid dienone is 2. The maximum absolute atomic E-state index is 17.2. The lowest BCUT2D eigenvalue weighted by Crippen LogP contribution is -2.41. The number of imide groups is 1. The van der Waals surface area contributed by atoms with E-state index in [4.69, 9.17) is 0 Å². The maximum Gasteiger partial charge on any atom is 0.239 e. The van der Waals surface area contributed by atoms with Crippen LogP contribution in [0.5, 0.6) is 0 Å². The normalized spacial score (nSPS) is 28.3. The van der Waals surface area contributed by atoms with E-state index in [1.54, 1.807) is 0 Å². The van der Waals surface area contributed by atoms with Crippen LogP contribution in [-0.4, -0.2) is 17.5 Å². The lowest BCUT2D eigenvalue weighted by Gasteiger charge is -2.43. The minimum atomic E-state index is -3.67. The highest BCUT2D eigenvalue weighted by atomic mass is 31.2. The number of hydrogen-bond donors (Lipinski definition) is 0. The molecule has 8 rings (SSSR count). The van der Waals surface area contributed by atoms with Crippen molar-refractivity contribution in [2.75, 3.05) is 4.90 Å². The molecule has 3 heterocycles. The van der Waals surface area contributed by atoms with Crippen LogP contribution in [0.15, 0.2) is 152 Å². The van der Waals surface area contributed by atoms with Crippen molar-refractivity contribution in [3.63, 3.8) is 0 Å². The Kier molecular flexibility index (Phi) is 6.46. The maximum atomic E-state index is 17.2. The average molecular weight is 620 g/mol. The van der Waals surface area contributed by atoms with Crippen LogP contribution in [0.2, 0.25) is 0 Å². The monoisotopic (exact) mass is 619 g/mol. The Morgan fingerprint density at radius 3 is 1.20 bits per heavy atom. The Balaban J connectivity index is 1.64. The van der Waals surface area contributed by atoms with Gasteiger partial charge in [-0.25, -0.2) is 4.90 Å². The van der Waals surface area contributed by atoms with Crippen molar-refractivity contribution in [2.45, 2.75) is 29.8 Å². The molecule has 0 saturated carbocycles. The second-order valence-electron chi connectivity index (χ2n) is 12.8. The molecular formula is C41H34NO3P. The molecule has 5 heteroatoms. The first-order chi connectivity index (χ1) is 22.4. The van der Waals surface area contributed by atoms with Gasteiger partial charge >= 0.3 is 0 Å². The summed E-state index contributed by atoms with van der Waals surface area (Å²) in [6.45, 7) is 4.05. The Labute approximate surface area is 269 Å². The molecular weight excluding hydrogens is 585 g/mol. The zero-order chi connectivity index (χ0) is 31.7. The van der Waals surface area contributed by atoms with Crippen molar-refractivity contribution >= 4 is 35.8 Å². The first-order valence-corrected chi connectivity index (χ1v) is 17.7. The van der Waals surface area contributed by atoms with Gasteiger partial charge in [0.2, 0.25) is 11.8 Å². The van der Waals surface area contributed by atoms with E-state index in [-0.39, 0.29) is 17.5 Å². The summed E-state index contributed by atoms with van der Waals surface area (Å²) in [5.41, 5.74) is 5.44. The van der Waals surface area contributed by atoms with Crippen LogP contribution in [-0.2, 0) is 24.5 Å². The Morgan fingerprint density at radius 1 is 0.522 bits per heavy atom. The number of fused-ring (bicyclic) bond motifs is 5. The van der Waals surface area contributed by atoms with Gasteiger partial charge in [-0.1, -0.05) is 153 Å². The van der Waals surface area contributed by atoms with Gasteiger partial charge < -0.3 is 4.57 Å². The molecule has 3 aliphatic heterocycles. The first kappa shape index (κ1) is 28.7. The molecule has 46 heavy (non-hydrogen) atoms. The SMILES string of the molecule is CC(C)P1(=O)C2(c3ccccc3)C(c3ccccc3)=C(c3ccccc3)[C@@]1(c1ccccc1)C1C(=O)N(c3ccccc3)C(=O)C12. The Hall–Kier alpha value is -4.79. The van der Waals surface area contributed by atoms with Gasteiger partial charge in [0.15, 0.2) is 0 Å². The van der Waals surface area contributed by atoms with E-state index >= 15 is 14.2 Å². The lowest BCUT2D eigenvalue weighted by molar-refractivity contribution is -0.122. The molecule has 5 atom stereocenters. The van der Waals surface area contributed by atoms with Crippen LogP contribution in [0.25, 0.3) is 11.1 Å². The number of carbonyl (C=O) groups excluding carboxylic acids is 2. The topological polar surface area (TPSA) is 54.5 Å². The van der Waals surface area contributed by atoms with E-state index in [0.29, 0.717) is 5.69 Å². The van der Waals surface area contributed by atoms with Crippen molar-refractivity contribution in [2.24, 2.45) is 11.8 Å². The number of amides is 2. The fraction of sp³-hybridized carbons (Fsp3) is 0.171. The summed E-state index contributed by atoms with van der Waals surface area (Å²) in [6, 6.07) is 49.3. The number of anilines is 1. The minimum absolute atomic E-state index is 0.288. The average Bonchev–Trinajstić information content (AvgIpc) is 3.60. The van der Waals surface area contributed by atoms with E-state index in [0.717, 1.165) is 33.4 Å². The van der Waals surface area contributed by atoms with Crippen LogP contribution in [0.3, 0.4) is 0 Å². The van der Waals surface area contributed by atoms with E-state index in [1.165, 1.54) is 4.90 Å². The van der Waals surface area contributed by atoms with Crippen LogP contribution in [0, 0.1) is 11.8 Å². The van der Waals surface area contributed by atoms with Gasteiger partial charge in [0.1, 0.15) is 7.14 Å². The number of hydrogen-bond acceptors (Lipinski definition) is 3. The number of rotatable bonds is 6. The third kappa shape index (κ3) is 3.33. The molecule has 5 aromatic carbocycles. The van der Waals surface area contributed by atoms with Gasteiger partial charge in [0, 0.05) is 5.66 Å². The highest BCUT2D eigenvalue weighted by Gasteiger charge is 2.87. The molecule has 0 radical (unpaired) electrons. The summed E-state index contributed by atoms with van der Waals surface area (Å²) in [4.78, 5) is 31.8. The molecule has 2 saturated heterocycles. The third-order valence-corrected chi connectivity index (χ3v) is 15.6. The second kappa shape index (κ2) is 10.4. The van der Waals surface area contributed by atoms with E-state index in [9.17, 15) is 0 Å². The van der Waals surface area contributed by atoms with Gasteiger partial charge in [-0.05, 0) is 45.5 Å². The lowest BCUT2D eigenvalue weighted by atomic mass is 9.59. The molecule has 226 valence electrons. The van der Waals surface area contributed by atoms with E-state index in [2.05, 4.69) is 24.3 Å². The molecule has 2 amide bonds. The first-order valence-electron chi connectivity index (χ1n) is 15.9. The summed E-state index contributed by atoms with van der Waals surface area (Å²) >= 11 is 0. The van der Waals surface area contributed by atoms with Crippen LogP contribution in [0.4, 0.5) is 5.69 Å². The van der Waals surface area contributed by atoms with Gasteiger partial charge in [-0.3, -0.25) is 9.59 Å². The van der Waals surface area contributed by atoms with Gasteiger partial charge in [-0.15, -0.1) is 0 Å². The molecule has 3 aliphatic rings. The predicted octanol–water partition coefficient (Wildman–Crippen LogP) is 8.99.